The van der Waals surface area contributed by atoms with Gasteiger partial charge in [-0.2, -0.15) is 0 Å². The van der Waals surface area contributed by atoms with Crippen LogP contribution in [0.5, 0.6) is 0 Å². The van der Waals surface area contributed by atoms with Gasteiger partial charge in [-0.1, -0.05) is 6.92 Å². The highest BCUT2D eigenvalue weighted by Crippen LogP contribution is 2.28. The van der Waals surface area contributed by atoms with Crippen molar-refractivity contribution in [2.75, 3.05) is 6.26 Å². The van der Waals surface area contributed by atoms with E-state index in [4.69, 9.17) is 0 Å². The summed E-state index contributed by atoms with van der Waals surface area (Å²) in [5.41, 5.74) is 3.83. The van der Waals surface area contributed by atoms with Crippen molar-refractivity contribution < 1.29 is 12.8 Å². The molecule has 3 rings (SSSR count). The van der Waals surface area contributed by atoms with Gasteiger partial charge in [0.25, 0.3) is 0 Å². The average Bonchev–Trinajstić information content (AvgIpc) is 2.99. The van der Waals surface area contributed by atoms with Crippen molar-refractivity contribution in [3.05, 3.63) is 72.2 Å². The van der Waals surface area contributed by atoms with Crippen molar-refractivity contribution in [2.45, 2.75) is 18.2 Å². The summed E-state index contributed by atoms with van der Waals surface area (Å²) in [7, 11) is -3.22. The maximum Gasteiger partial charge on any atom is 0.175 e. The molecule has 24 heavy (non-hydrogen) atoms. The van der Waals surface area contributed by atoms with Crippen LogP contribution in [0.3, 0.4) is 0 Å². The van der Waals surface area contributed by atoms with E-state index in [2.05, 4.69) is 11.5 Å². The molecule has 0 saturated carbocycles. The molecule has 0 spiro atoms. The average molecular weight is 343 g/mol. The van der Waals surface area contributed by atoms with Crippen LogP contribution in [0, 0.1) is 5.82 Å². The van der Waals surface area contributed by atoms with Gasteiger partial charge in [0.2, 0.25) is 0 Å². The highest BCUT2D eigenvalue weighted by Gasteiger charge is 2.13. The van der Waals surface area contributed by atoms with E-state index in [-0.39, 0.29) is 5.82 Å². The predicted octanol–water partition coefficient (Wildman–Crippen LogP) is 4.25. The van der Waals surface area contributed by atoms with E-state index in [0.717, 1.165) is 29.1 Å². The number of aromatic nitrogens is 1. The highest BCUT2D eigenvalue weighted by molar-refractivity contribution is 7.90. The Labute approximate surface area is 141 Å². The van der Waals surface area contributed by atoms with Gasteiger partial charge in [-0.25, -0.2) is 12.8 Å². The minimum absolute atomic E-state index is 0.273. The van der Waals surface area contributed by atoms with Crippen molar-refractivity contribution in [3.63, 3.8) is 0 Å². The molecule has 0 aliphatic heterocycles. The van der Waals surface area contributed by atoms with Gasteiger partial charge in [0, 0.05) is 17.6 Å². The van der Waals surface area contributed by atoms with Crippen molar-refractivity contribution in [3.8, 4) is 16.9 Å². The second-order valence-corrected chi connectivity index (χ2v) is 7.69. The lowest BCUT2D eigenvalue weighted by Gasteiger charge is -2.14. The molecule has 0 bridgehead atoms. The fourth-order valence-electron chi connectivity index (χ4n) is 2.75. The Bertz CT molecular complexity index is 956. The Kier molecular flexibility index (Phi) is 4.28. The molecule has 1 aromatic heterocycles. The lowest BCUT2D eigenvalue weighted by molar-refractivity contribution is 0.602. The van der Waals surface area contributed by atoms with Crippen molar-refractivity contribution in [2.24, 2.45) is 0 Å². The molecular weight excluding hydrogens is 325 g/mol. The lowest BCUT2D eigenvalue weighted by Crippen LogP contribution is -2.03. The number of aryl methyl sites for hydroxylation is 1. The minimum atomic E-state index is -3.22. The zero-order chi connectivity index (χ0) is 17.3. The summed E-state index contributed by atoms with van der Waals surface area (Å²) < 4.78 is 38.5. The van der Waals surface area contributed by atoms with Gasteiger partial charge in [0.05, 0.1) is 10.6 Å². The van der Waals surface area contributed by atoms with E-state index < -0.39 is 9.84 Å². The minimum Gasteiger partial charge on any atom is -0.314 e. The summed E-state index contributed by atoms with van der Waals surface area (Å²) in [5.74, 6) is -0.273. The number of hydrogen-bond donors (Lipinski definition) is 0. The van der Waals surface area contributed by atoms with E-state index in [1.807, 2.05) is 12.1 Å². The van der Waals surface area contributed by atoms with Crippen LogP contribution < -0.4 is 0 Å². The van der Waals surface area contributed by atoms with Crippen LogP contribution in [0.25, 0.3) is 16.9 Å². The van der Waals surface area contributed by atoms with Crippen LogP contribution in [-0.2, 0) is 16.3 Å². The summed E-state index contributed by atoms with van der Waals surface area (Å²) in [6.07, 6.45) is 2.02. The molecule has 0 aliphatic rings. The number of sulfone groups is 1. The zero-order valence-corrected chi connectivity index (χ0v) is 14.3. The quantitative estimate of drug-likeness (QED) is 0.710. The first-order valence-electron chi connectivity index (χ1n) is 7.67. The van der Waals surface area contributed by atoms with Gasteiger partial charge in [-0.15, -0.1) is 0 Å². The van der Waals surface area contributed by atoms with Crippen molar-refractivity contribution in [1.29, 1.82) is 0 Å². The molecule has 0 unspecified atom stereocenters. The predicted molar refractivity (Wildman–Crippen MR) is 93.7 cm³/mol. The Hall–Kier alpha value is -2.40. The van der Waals surface area contributed by atoms with E-state index in [9.17, 15) is 12.8 Å². The summed E-state index contributed by atoms with van der Waals surface area (Å²) >= 11 is 0. The first kappa shape index (κ1) is 16.5. The van der Waals surface area contributed by atoms with Crippen LogP contribution >= 0.6 is 0 Å². The largest absolute Gasteiger partial charge is 0.314 e. The monoisotopic (exact) mass is 343 g/mol. The van der Waals surface area contributed by atoms with Gasteiger partial charge < -0.3 is 4.57 Å². The molecule has 3 aromatic rings. The Balaban J connectivity index is 2.13. The molecule has 5 heteroatoms. The van der Waals surface area contributed by atoms with Gasteiger partial charge >= 0.3 is 0 Å². The molecule has 0 fully saturated rings. The van der Waals surface area contributed by atoms with E-state index >= 15 is 0 Å². The SMILES string of the molecule is CCc1ccc(-c2ccc(F)cc2)n1-c1ccc(S(C)(=O)=O)cc1. The Morgan fingerprint density at radius 1 is 0.917 bits per heavy atom. The fourth-order valence-corrected chi connectivity index (χ4v) is 3.38. The molecule has 2 aromatic carbocycles. The second-order valence-electron chi connectivity index (χ2n) is 5.67. The third-order valence-corrected chi connectivity index (χ3v) is 5.12. The normalized spacial score (nSPS) is 11.6. The van der Waals surface area contributed by atoms with E-state index in [1.54, 1.807) is 36.4 Å². The van der Waals surface area contributed by atoms with Gasteiger partial charge in [0.15, 0.2) is 9.84 Å². The number of halogens is 1. The number of rotatable bonds is 4. The van der Waals surface area contributed by atoms with Crippen LogP contribution in [0.2, 0.25) is 0 Å². The number of hydrogen-bond acceptors (Lipinski definition) is 2. The maximum absolute atomic E-state index is 13.2. The highest BCUT2D eigenvalue weighted by atomic mass is 32.2. The van der Waals surface area contributed by atoms with Gasteiger partial charge in [-0.05, 0) is 72.6 Å². The molecule has 0 aliphatic carbocycles. The number of benzene rings is 2. The summed E-state index contributed by atoms with van der Waals surface area (Å²) in [6.45, 7) is 2.06. The topological polar surface area (TPSA) is 39.1 Å². The van der Waals surface area contributed by atoms with E-state index in [1.165, 1.54) is 18.4 Å². The first-order chi connectivity index (χ1) is 11.4. The third kappa shape index (κ3) is 3.12. The Morgan fingerprint density at radius 3 is 2.08 bits per heavy atom. The lowest BCUT2D eigenvalue weighted by atomic mass is 10.1. The van der Waals surface area contributed by atoms with E-state index in [0.29, 0.717) is 4.90 Å². The molecular formula is C19H18FNO2S. The van der Waals surface area contributed by atoms with Crippen molar-refractivity contribution in [1.82, 2.24) is 4.57 Å². The second kappa shape index (κ2) is 6.24. The summed E-state index contributed by atoms with van der Waals surface area (Å²) in [6, 6.07) is 17.2. The van der Waals surface area contributed by atoms with Gasteiger partial charge in [-0.3, -0.25) is 0 Å². The molecule has 124 valence electrons. The summed E-state index contributed by atoms with van der Waals surface area (Å²) in [4.78, 5) is 0.291. The van der Waals surface area contributed by atoms with Crippen LogP contribution in [0.4, 0.5) is 4.39 Å². The van der Waals surface area contributed by atoms with Crippen molar-refractivity contribution >= 4 is 9.84 Å². The smallest absolute Gasteiger partial charge is 0.175 e. The molecule has 0 amide bonds. The first-order valence-corrected chi connectivity index (χ1v) is 9.56. The van der Waals surface area contributed by atoms with Crippen LogP contribution in [0.1, 0.15) is 12.6 Å². The molecule has 0 saturated heterocycles. The third-order valence-electron chi connectivity index (χ3n) is 3.99. The standard InChI is InChI=1S/C19H18FNO2S/c1-3-16-10-13-19(14-4-6-15(20)7-5-14)21(16)17-8-11-18(12-9-17)24(2,22)23/h4-13H,3H2,1-2H3. The molecule has 0 atom stereocenters. The number of nitrogens with zero attached hydrogens (tertiary/aromatic N) is 1. The van der Waals surface area contributed by atoms with Crippen LogP contribution in [0.15, 0.2) is 65.6 Å². The van der Waals surface area contributed by atoms with Gasteiger partial charge in [0.1, 0.15) is 5.82 Å². The fraction of sp³-hybridized carbons (Fsp3) is 0.158. The summed E-state index contributed by atoms with van der Waals surface area (Å²) in [5, 5.41) is 0. The molecule has 0 N–H and O–H groups in total. The molecule has 1 heterocycles. The molecule has 3 nitrogen and oxygen atoms in total. The van der Waals surface area contributed by atoms with Crippen LogP contribution in [-0.4, -0.2) is 19.2 Å². The Morgan fingerprint density at radius 2 is 1.54 bits per heavy atom. The zero-order valence-electron chi connectivity index (χ0n) is 13.5. The maximum atomic E-state index is 13.2. The molecule has 0 radical (unpaired) electrons.